The minimum absolute atomic E-state index is 0.147. The van der Waals surface area contributed by atoms with Gasteiger partial charge in [-0.25, -0.2) is 0 Å². The summed E-state index contributed by atoms with van der Waals surface area (Å²) in [5, 5.41) is 12.7. The van der Waals surface area contributed by atoms with Gasteiger partial charge < -0.3 is 5.11 Å². The molecule has 1 unspecified atom stereocenters. The first-order valence-electron chi connectivity index (χ1n) is 7.96. The molecular weight excluding hydrogens is 244 g/mol. The summed E-state index contributed by atoms with van der Waals surface area (Å²) in [5.41, 5.74) is 1.36. The second kappa shape index (κ2) is 8.06. The van der Waals surface area contributed by atoms with Gasteiger partial charge in [-0.1, -0.05) is 75.1 Å². The molecular formula is C19H26O. The van der Waals surface area contributed by atoms with Crippen LogP contribution >= 0.6 is 0 Å². The third-order valence-electron chi connectivity index (χ3n) is 4.02. The lowest BCUT2D eigenvalue weighted by Crippen LogP contribution is -2.08. The number of unbranched alkanes of at least 4 members (excludes halogenated alkanes) is 3. The van der Waals surface area contributed by atoms with Gasteiger partial charge >= 0.3 is 0 Å². The van der Waals surface area contributed by atoms with Crippen molar-refractivity contribution in [2.24, 2.45) is 0 Å². The van der Waals surface area contributed by atoms with Crippen molar-refractivity contribution in [3.05, 3.63) is 48.0 Å². The van der Waals surface area contributed by atoms with Crippen molar-refractivity contribution in [2.75, 3.05) is 0 Å². The van der Waals surface area contributed by atoms with Gasteiger partial charge in [0.25, 0.3) is 0 Å². The predicted octanol–water partition coefficient (Wildman–Crippen LogP) is 5.10. The zero-order chi connectivity index (χ0) is 14.2. The minimum atomic E-state index is -0.147. The Balaban J connectivity index is 1.86. The van der Waals surface area contributed by atoms with Crippen molar-refractivity contribution in [2.45, 2.75) is 58.0 Å². The van der Waals surface area contributed by atoms with Gasteiger partial charge in [-0.15, -0.1) is 0 Å². The van der Waals surface area contributed by atoms with E-state index in [4.69, 9.17) is 0 Å². The van der Waals surface area contributed by atoms with Gasteiger partial charge in [0.05, 0.1) is 6.10 Å². The van der Waals surface area contributed by atoms with Crippen molar-refractivity contribution in [3.63, 3.8) is 0 Å². The average molecular weight is 270 g/mol. The molecule has 0 amide bonds. The number of aliphatic hydroxyl groups is 1. The highest BCUT2D eigenvalue weighted by atomic mass is 16.3. The summed E-state index contributed by atoms with van der Waals surface area (Å²) < 4.78 is 0. The predicted molar refractivity (Wildman–Crippen MR) is 87.0 cm³/mol. The Kier molecular flexibility index (Phi) is 6.07. The Hall–Kier alpha value is -1.34. The van der Waals surface area contributed by atoms with Crippen LogP contribution in [0.5, 0.6) is 0 Å². The molecule has 0 fully saturated rings. The molecule has 1 heteroatoms. The summed E-state index contributed by atoms with van der Waals surface area (Å²) in [6.07, 6.45) is 7.60. The number of rotatable bonds is 8. The molecule has 0 aliphatic rings. The molecule has 20 heavy (non-hydrogen) atoms. The van der Waals surface area contributed by atoms with Gasteiger partial charge in [0.15, 0.2) is 0 Å². The van der Waals surface area contributed by atoms with Crippen molar-refractivity contribution in [3.8, 4) is 0 Å². The quantitative estimate of drug-likeness (QED) is 0.661. The highest BCUT2D eigenvalue weighted by Crippen LogP contribution is 2.21. The van der Waals surface area contributed by atoms with Crippen LogP contribution in [-0.2, 0) is 6.42 Å². The zero-order valence-electron chi connectivity index (χ0n) is 12.5. The monoisotopic (exact) mass is 270 g/mol. The van der Waals surface area contributed by atoms with Crippen LogP contribution in [0.2, 0.25) is 0 Å². The first kappa shape index (κ1) is 15.1. The molecule has 2 aromatic rings. The van der Waals surface area contributed by atoms with E-state index < -0.39 is 0 Å². The maximum Gasteiger partial charge on any atom is 0.0543 e. The fourth-order valence-corrected chi connectivity index (χ4v) is 2.78. The number of hydrogen-bond acceptors (Lipinski definition) is 1. The van der Waals surface area contributed by atoms with Gasteiger partial charge in [0, 0.05) is 0 Å². The van der Waals surface area contributed by atoms with Gasteiger partial charge in [-0.05, 0) is 35.6 Å². The van der Waals surface area contributed by atoms with E-state index in [9.17, 15) is 5.11 Å². The highest BCUT2D eigenvalue weighted by Gasteiger charge is 2.06. The second-order valence-corrected chi connectivity index (χ2v) is 5.68. The fraction of sp³-hybridized carbons (Fsp3) is 0.474. The van der Waals surface area contributed by atoms with Gasteiger partial charge in [0.1, 0.15) is 0 Å². The average Bonchev–Trinajstić information content (AvgIpc) is 2.49. The Bertz CT molecular complexity index is 513. The van der Waals surface area contributed by atoms with E-state index in [2.05, 4.69) is 49.4 Å². The number of hydrogen-bond donors (Lipinski definition) is 1. The summed E-state index contributed by atoms with van der Waals surface area (Å²) in [7, 11) is 0. The number of aliphatic hydroxyl groups excluding tert-OH is 1. The lowest BCUT2D eigenvalue weighted by atomic mass is 9.98. The molecule has 2 rings (SSSR count). The SMILES string of the molecule is CCCCCCC(O)CCc1cccc2ccccc12. The second-order valence-electron chi connectivity index (χ2n) is 5.68. The highest BCUT2D eigenvalue weighted by molar-refractivity contribution is 5.85. The Morgan fingerprint density at radius 1 is 0.900 bits per heavy atom. The summed E-state index contributed by atoms with van der Waals surface area (Å²) in [6.45, 7) is 2.22. The van der Waals surface area contributed by atoms with Crippen LogP contribution in [0.3, 0.4) is 0 Å². The maximum absolute atomic E-state index is 10.1. The zero-order valence-corrected chi connectivity index (χ0v) is 12.5. The van der Waals surface area contributed by atoms with Crippen LogP contribution in [0.15, 0.2) is 42.5 Å². The molecule has 108 valence electrons. The fourth-order valence-electron chi connectivity index (χ4n) is 2.78. The molecule has 1 nitrogen and oxygen atoms in total. The van der Waals surface area contributed by atoms with Crippen LogP contribution in [0.25, 0.3) is 10.8 Å². The lowest BCUT2D eigenvalue weighted by Gasteiger charge is -2.11. The smallest absolute Gasteiger partial charge is 0.0543 e. The van der Waals surface area contributed by atoms with Crippen molar-refractivity contribution in [1.82, 2.24) is 0 Å². The van der Waals surface area contributed by atoms with Gasteiger partial charge in [-0.2, -0.15) is 0 Å². The van der Waals surface area contributed by atoms with E-state index in [1.807, 2.05) is 0 Å². The standard InChI is InChI=1S/C19H26O/c1-2-3-4-5-12-18(20)15-14-17-11-8-10-16-9-6-7-13-19(16)17/h6-11,13,18,20H,2-5,12,14-15H2,1H3. The molecule has 0 aliphatic carbocycles. The van der Waals surface area contributed by atoms with Gasteiger partial charge in [-0.3, -0.25) is 0 Å². The van der Waals surface area contributed by atoms with E-state index in [-0.39, 0.29) is 6.10 Å². The molecule has 1 atom stereocenters. The summed E-state index contributed by atoms with van der Waals surface area (Å²) in [5.74, 6) is 0. The number of benzene rings is 2. The van der Waals surface area contributed by atoms with Crippen LogP contribution in [0.1, 0.15) is 51.0 Å². The Morgan fingerprint density at radius 2 is 1.70 bits per heavy atom. The van der Waals surface area contributed by atoms with E-state index in [0.29, 0.717) is 0 Å². The molecule has 0 saturated heterocycles. The normalized spacial score (nSPS) is 12.7. The number of fused-ring (bicyclic) bond motifs is 1. The van der Waals surface area contributed by atoms with E-state index in [1.165, 1.54) is 35.6 Å². The molecule has 0 radical (unpaired) electrons. The van der Waals surface area contributed by atoms with Crippen LogP contribution in [0.4, 0.5) is 0 Å². The molecule has 0 aromatic heterocycles. The van der Waals surface area contributed by atoms with Crippen LogP contribution in [-0.4, -0.2) is 11.2 Å². The van der Waals surface area contributed by atoms with Crippen molar-refractivity contribution in [1.29, 1.82) is 0 Å². The summed E-state index contributed by atoms with van der Waals surface area (Å²) >= 11 is 0. The molecule has 0 spiro atoms. The Labute approximate surface area is 122 Å². The summed E-state index contributed by atoms with van der Waals surface area (Å²) in [4.78, 5) is 0. The largest absolute Gasteiger partial charge is 0.393 e. The first-order valence-corrected chi connectivity index (χ1v) is 7.96. The van der Waals surface area contributed by atoms with E-state index in [0.717, 1.165) is 25.7 Å². The van der Waals surface area contributed by atoms with Crippen molar-refractivity contribution < 1.29 is 5.11 Å². The molecule has 0 saturated carbocycles. The third kappa shape index (κ3) is 4.35. The van der Waals surface area contributed by atoms with E-state index in [1.54, 1.807) is 0 Å². The van der Waals surface area contributed by atoms with E-state index >= 15 is 0 Å². The molecule has 0 heterocycles. The summed E-state index contributed by atoms with van der Waals surface area (Å²) in [6, 6.07) is 15.0. The maximum atomic E-state index is 10.1. The molecule has 0 bridgehead atoms. The van der Waals surface area contributed by atoms with Crippen LogP contribution in [0, 0.1) is 0 Å². The number of aryl methyl sites for hydroxylation is 1. The van der Waals surface area contributed by atoms with Crippen molar-refractivity contribution >= 4 is 10.8 Å². The molecule has 1 N–H and O–H groups in total. The Morgan fingerprint density at radius 3 is 2.55 bits per heavy atom. The topological polar surface area (TPSA) is 20.2 Å². The molecule has 2 aromatic carbocycles. The lowest BCUT2D eigenvalue weighted by molar-refractivity contribution is 0.151. The van der Waals surface area contributed by atoms with Crippen LogP contribution < -0.4 is 0 Å². The minimum Gasteiger partial charge on any atom is -0.393 e. The third-order valence-corrected chi connectivity index (χ3v) is 4.02. The first-order chi connectivity index (χ1) is 9.81. The van der Waals surface area contributed by atoms with Gasteiger partial charge in [0.2, 0.25) is 0 Å². The molecule has 0 aliphatic heterocycles.